The predicted molar refractivity (Wildman–Crippen MR) is 93.2 cm³/mol. The van der Waals surface area contributed by atoms with Gasteiger partial charge >= 0.3 is 0 Å². The van der Waals surface area contributed by atoms with E-state index < -0.39 is 0 Å². The first-order valence-corrected chi connectivity index (χ1v) is 8.30. The van der Waals surface area contributed by atoms with Crippen molar-refractivity contribution in [1.29, 1.82) is 0 Å². The van der Waals surface area contributed by atoms with E-state index in [4.69, 9.17) is 0 Å². The van der Waals surface area contributed by atoms with Gasteiger partial charge < -0.3 is 15.1 Å². The zero-order valence-electron chi connectivity index (χ0n) is 14.8. The molecular formula is C18H28FN3O2. The second-order valence-corrected chi connectivity index (χ2v) is 6.10. The van der Waals surface area contributed by atoms with Crippen LogP contribution in [-0.2, 0) is 16.0 Å². The maximum absolute atomic E-state index is 13.5. The third kappa shape index (κ3) is 8.06. The third-order valence-electron chi connectivity index (χ3n) is 3.76. The van der Waals surface area contributed by atoms with Gasteiger partial charge in [0, 0.05) is 33.0 Å². The summed E-state index contributed by atoms with van der Waals surface area (Å²) in [6.45, 7) is 3.87. The molecule has 0 unspecified atom stereocenters. The molecule has 0 aliphatic heterocycles. The highest BCUT2D eigenvalue weighted by atomic mass is 19.1. The zero-order chi connectivity index (χ0) is 17.9. The van der Waals surface area contributed by atoms with E-state index in [9.17, 15) is 14.0 Å². The Kier molecular flexibility index (Phi) is 9.01. The van der Waals surface area contributed by atoms with E-state index in [2.05, 4.69) is 10.2 Å². The van der Waals surface area contributed by atoms with Crippen LogP contribution < -0.4 is 5.32 Å². The van der Waals surface area contributed by atoms with Crippen molar-refractivity contribution in [2.75, 3.05) is 40.3 Å². The van der Waals surface area contributed by atoms with Crippen LogP contribution in [0.15, 0.2) is 24.3 Å². The molecule has 0 atom stereocenters. The van der Waals surface area contributed by atoms with Crippen LogP contribution in [0.1, 0.15) is 25.3 Å². The smallest absolute Gasteiger partial charge is 0.221 e. The summed E-state index contributed by atoms with van der Waals surface area (Å²) >= 11 is 0. The van der Waals surface area contributed by atoms with Gasteiger partial charge in [-0.15, -0.1) is 0 Å². The second-order valence-electron chi connectivity index (χ2n) is 6.10. The van der Waals surface area contributed by atoms with Crippen LogP contribution in [0, 0.1) is 5.82 Å². The Hall–Kier alpha value is -1.95. The normalized spacial score (nSPS) is 10.7. The van der Waals surface area contributed by atoms with E-state index in [-0.39, 0.29) is 24.1 Å². The molecule has 0 aromatic heterocycles. The first-order valence-electron chi connectivity index (χ1n) is 8.30. The van der Waals surface area contributed by atoms with Crippen LogP contribution in [0.2, 0.25) is 0 Å². The molecule has 5 nitrogen and oxygen atoms in total. The first kappa shape index (κ1) is 20.1. The van der Waals surface area contributed by atoms with Crippen molar-refractivity contribution < 1.29 is 14.0 Å². The van der Waals surface area contributed by atoms with Crippen LogP contribution in [0.3, 0.4) is 0 Å². The minimum atomic E-state index is -0.254. The number of halogens is 1. The lowest BCUT2D eigenvalue weighted by molar-refractivity contribution is -0.129. The van der Waals surface area contributed by atoms with Crippen molar-refractivity contribution in [3.05, 3.63) is 35.6 Å². The molecule has 134 valence electrons. The Morgan fingerprint density at radius 3 is 2.46 bits per heavy atom. The van der Waals surface area contributed by atoms with Crippen LogP contribution >= 0.6 is 0 Å². The Labute approximate surface area is 143 Å². The zero-order valence-corrected chi connectivity index (χ0v) is 14.8. The van der Waals surface area contributed by atoms with E-state index in [1.807, 2.05) is 14.1 Å². The number of hydrogen-bond donors (Lipinski definition) is 1. The molecule has 0 aliphatic carbocycles. The second kappa shape index (κ2) is 10.8. The fraction of sp³-hybridized carbons (Fsp3) is 0.556. The maximum atomic E-state index is 13.5. The maximum Gasteiger partial charge on any atom is 0.221 e. The molecule has 1 rings (SSSR count). The molecule has 0 heterocycles. The van der Waals surface area contributed by atoms with Gasteiger partial charge in [0.25, 0.3) is 0 Å². The first-order chi connectivity index (χ1) is 11.4. The number of carbonyl (C=O) groups is 2. The summed E-state index contributed by atoms with van der Waals surface area (Å²) < 4.78 is 13.5. The van der Waals surface area contributed by atoms with Crippen molar-refractivity contribution >= 4 is 11.8 Å². The Balaban J connectivity index is 2.27. The molecular weight excluding hydrogens is 309 g/mol. The lowest BCUT2D eigenvalue weighted by Gasteiger charge is -2.21. The van der Waals surface area contributed by atoms with Gasteiger partial charge in [-0.25, -0.2) is 4.39 Å². The van der Waals surface area contributed by atoms with Gasteiger partial charge in [-0.2, -0.15) is 0 Å². The Morgan fingerprint density at radius 2 is 1.83 bits per heavy atom. The molecule has 6 heteroatoms. The van der Waals surface area contributed by atoms with E-state index in [0.29, 0.717) is 31.6 Å². The standard InChI is InChI=1S/C18H28FN3O2/c1-15(23)22(13-6-12-21(2)3)14-10-18(24)20-11-9-16-7-4-5-8-17(16)19/h4-5,7-8H,6,9-14H2,1-3H3,(H,20,24). The minimum Gasteiger partial charge on any atom is -0.356 e. The van der Waals surface area contributed by atoms with Gasteiger partial charge in [0.15, 0.2) is 0 Å². The third-order valence-corrected chi connectivity index (χ3v) is 3.76. The summed E-state index contributed by atoms with van der Waals surface area (Å²) in [6.07, 6.45) is 1.60. The number of nitrogens with one attached hydrogen (secondary N) is 1. The van der Waals surface area contributed by atoms with Crippen molar-refractivity contribution in [2.24, 2.45) is 0 Å². The molecule has 24 heavy (non-hydrogen) atoms. The number of rotatable bonds is 10. The summed E-state index contributed by atoms with van der Waals surface area (Å²) in [7, 11) is 3.97. The minimum absolute atomic E-state index is 0.0205. The summed E-state index contributed by atoms with van der Waals surface area (Å²) in [5.41, 5.74) is 0.590. The van der Waals surface area contributed by atoms with Gasteiger partial charge in [0.1, 0.15) is 5.82 Å². The lowest BCUT2D eigenvalue weighted by Crippen LogP contribution is -2.36. The molecule has 0 spiro atoms. The Morgan fingerprint density at radius 1 is 1.12 bits per heavy atom. The number of carbonyl (C=O) groups excluding carboxylic acids is 2. The van der Waals surface area contributed by atoms with Crippen LogP contribution in [0.5, 0.6) is 0 Å². The van der Waals surface area contributed by atoms with Crippen LogP contribution in [0.25, 0.3) is 0 Å². The lowest BCUT2D eigenvalue weighted by atomic mass is 10.1. The molecule has 1 N–H and O–H groups in total. The summed E-state index contributed by atoms with van der Waals surface area (Å²) in [5, 5.41) is 2.78. The molecule has 0 radical (unpaired) electrons. The largest absolute Gasteiger partial charge is 0.356 e. The van der Waals surface area contributed by atoms with Crippen LogP contribution in [-0.4, -0.2) is 61.9 Å². The van der Waals surface area contributed by atoms with Crippen molar-refractivity contribution in [1.82, 2.24) is 15.1 Å². The SMILES string of the molecule is CC(=O)N(CCCN(C)C)CCC(=O)NCCc1ccccc1F. The van der Waals surface area contributed by atoms with Gasteiger partial charge in [-0.1, -0.05) is 18.2 Å². The van der Waals surface area contributed by atoms with E-state index in [0.717, 1.165) is 13.0 Å². The fourth-order valence-corrected chi connectivity index (χ4v) is 2.37. The quantitative estimate of drug-likeness (QED) is 0.707. The number of benzene rings is 1. The van der Waals surface area contributed by atoms with Crippen LogP contribution in [0.4, 0.5) is 4.39 Å². The van der Waals surface area contributed by atoms with Gasteiger partial charge in [-0.3, -0.25) is 9.59 Å². The van der Waals surface area contributed by atoms with Crippen molar-refractivity contribution in [2.45, 2.75) is 26.2 Å². The predicted octanol–water partition coefficient (Wildman–Crippen LogP) is 1.67. The molecule has 0 bridgehead atoms. The van der Waals surface area contributed by atoms with Crippen molar-refractivity contribution in [3.8, 4) is 0 Å². The molecule has 1 aromatic carbocycles. The van der Waals surface area contributed by atoms with Crippen molar-refractivity contribution in [3.63, 3.8) is 0 Å². The molecule has 0 aliphatic rings. The monoisotopic (exact) mass is 337 g/mol. The molecule has 0 fully saturated rings. The topological polar surface area (TPSA) is 52.7 Å². The average Bonchev–Trinajstić information content (AvgIpc) is 2.51. The molecule has 1 aromatic rings. The highest BCUT2D eigenvalue weighted by molar-refractivity contribution is 5.78. The highest BCUT2D eigenvalue weighted by Crippen LogP contribution is 2.06. The molecule has 2 amide bonds. The highest BCUT2D eigenvalue weighted by Gasteiger charge is 2.11. The number of nitrogens with zero attached hydrogens (tertiary/aromatic N) is 2. The van der Waals surface area contributed by atoms with E-state index in [1.165, 1.54) is 13.0 Å². The van der Waals surface area contributed by atoms with Gasteiger partial charge in [0.05, 0.1) is 0 Å². The summed E-state index contributed by atoms with van der Waals surface area (Å²) in [5.74, 6) is -0.395. The molecule has 0 saturated heterocycles. The van der Waals surface area contributed by atoms with Gasteiger partial charge in [-0.05, 0) is 45.1 Å². The average molecular weight is 337 g/mol. The number of amides is 2. The van der Waals surface area contributed by atoms with E-state index in [1.54, 1.807) is 23.1 Å². The summed E-state index contributed by atoms with van der Waals surface area (Å²) in [6, 6.07) is 6.54. The summed E-state index contributed by atoms with van der Waals surface area (Å²) in [4.78, 5) is 27.2. The molecule has 0 saturated carbocycles. The van der Waals surface area contributed by atoms with Gasteiger partial charge in [0.2, 0.25) is 11.8 Å². The number of hydrogen-bond acceptors (Lipinski definition) is 3. The Bertz CT molecular complexity index is 535. The fourth-order valence-electron chi connectivity index (χ4n) is 2.37. The van der Waals surface area contributed by atoms with E-state index >= 15 is 0 Å².